The molecule has 0 amide bonds. The first-order valence-electron chi connectivity index (χ1n) is 9.69. The van der Waals surface area contributed by atoms with E-state index in [2.05, 4.69) is 21.8 Å². The number of hydrogen-bond acceptors (Lipinski definition) is 5. The number of aromatic nitrogens is 3. The molecule has 0 bridgehead atoms. The summed E-state index contributed by atoms with van der Waals surface area (Å²) in [5, 5.41) is 8.74. The van der Waals surface area contributed by atoms with Crippen molar-refractivity contribution in [2.45, 2.75) is 52.1 Å². The van der Waals surface area contributed by atoms with Crippen LogP contribution in [0.4, 0.5) is 0 Å². The molecule has 3 aromatic rings. The summed E-state index contributed by atoms with van der Waals surface area (Å²) in [6, 6.07) is 7.64. The Kier molecular flexibility index (Phi) is 6.95. The molecule has 1 aromatic heterocycles. The molecule has 1 heterocycles. The maximum absolute atomic E-state index is 12.8. The van der Waals surface area contributed by atoms with Crippen LogP contribution in [0.15, 0.2) is 35.2 Å². The van der Waals surface area contributed by atoms with Crippen LogP contribution in [0, 0.1) is 20.8 Å². The van der Waals surface area contributed by atoms with Gasteiger partial charge in [0.25, 0.3) is 0 Å². The third kappa shape index (κ3) is 5.03. The standard InChI is InChI=1S/C21H24Cl2N4O3S/c1-6-27-20(15(5)26-31(28,29)17-7-8-18(22)19(23)11-17)24-25-21(27)30-16-9-12(2)14(4)13(3)10-16/h7-11,15,26H,6H2,1-5H3/t15-/m1/s1. The van der Waals surface area contributed by atoms with Gasteiger partial charge in [0.1, 0.15) is 5.75 Å². The number of ether oxygens (including phenoxy) is 1. The second-order valence-corrected chi connectivity index (χ2v) is 9.82. The summed E-state index contributed by atoms with van der Waals surface area (Å²) in [4.78, 5) is 0.0124. The van der Waals surface area contributed by atoms with Gasteiger partial charge in [0.05, 0.1) is 21.0 Å². The van der Waals surface area contributed by atoms with E-state index in [1.165, 1.54) is 23.8 Å². The number of nitrogens with one attached hydrogen (secondary N) is 1. The van der Waals surface area contributed by atoms with Crippen molar-refractivity contribution in [1.82, 2.24) is 19.5 Å². The topological polar surface area (TPSA) is 86.1 Å². The molecule has 7 nitrogen and oxygen atoms in total. The van der Waals surface area contributed by atoms with E-state index in [1.807, 2.05) is 32.9 Å². The van der Waals surface area contributed by atoms with Gasteiger partial charge >= 0.3 is 6.01 Å². The van der Waals surface area contributed by atoms with Crippen LogP contribution in [0.3, 0.4) is 0 Å². The van der Waals surface area contributed by atoms with Crippen molar-refractivity contribution in [3.8, 4) is 11.8 Å². The van der Waals surface area contributed by atoms with Crippen LogP contribution < -0.4 is 9.46 Å². The van der Waals surface area contributed by atoms with Crippen LogP contribution in [0.2, 0.25) is 10.0 Å². The van der Waals surface area contributed by atoms with Crippen LogP contribution in [-0.2, 0) is 16.6 Å². The van der Waals surface area contributed by atoms with Crippen molar-refractivity contribution in [2.75, 3.05) is 0 Å². The highest BCUT2D eigenvalue weighted by atomic mass is 35.5. The monoisotopic (exact) mass is 482 g/mol. The Hall–Kier alpha value is -2.13. The zero-order valence-electron chi connectivity index (χ0n) is 17.9. The summed E-state index contributed by atoms with van der Waals surface area (Å²) in [5.41, 5.74) is 3.43. The quantitative estimate of drug-likeness (QED) is 0.489. The fourth-order valence-corrected chi connectivity index (χ4v) is 4.74. The van der Waals surface area contributed by atoms with Gasteiger partial charge in [-0.25, -0.2) is 13.1 Å². The summed E-state index contributed by atoms with van der Waals surface area (Å²) >= 11 is 11.9. The van der Waals surface area contributed by atoms with Crippen molar-refractivity contribution < 1.29 is 13.2 Å². The minimum Gasteiger partial charge on any atom is -0.424 e. The van der Waals surface area contributed by atoms with Gasteiger partial charge in [0.2, 0.25) is 10.0 Å². The molecule has 0 radical (unpaired) electrons. The van der Waals surface area contributed by atoms with E-state index in [0.29, 0.717) is 24.1 Å². The molecule has 166 valence electrons. The molecule has 0 saturated carbocycles. The zero-order valence-corrected chi connectivity index (χ0v) is 20.2. The van der Waals surface area contributed by atoms with Gasteiger partial charge < -0.3 is 4.74 Å². The molecule has 0 unspecified atom stereocenters. The van der Waals surface area contributed by atoms with Crippen molar-refractivity contribution in [2.24, 2.45) is 0 Å². The van der Waals surface area contributed by atoms with Gasteiger partial charge in [-0.2, -0.15) is 0 Å². The SMILES string of the molecule is CCn1c(Oc2cc(C)c(C)c(C)c2)nnc1[C@@H](C)NS(=O)(=O)c1ccc(Cl)c(Cl)c1. The molecule has 10 heteroatoms. The molecule has 0 saturated heterocycles. The molecule has 0 fully saturated rings. The van der Waals surface area contributed by atoms with Crippen molar-refractivity contribution in [1.29, 1.82) is 0 Å². The van der Waals surface area contributed by atoms with E-state index in [4.69, 9.17) is 27.9 Å². The van der Waals surface area contributed by atoms with Crippen LogP contribution >= 0.6 is 23.2 Å². The molecule has 0 aliphatic heterocycles. The fourth-order valence-electron chi connectivity index (χ4n) is 3.15. The Morgan fingerprint density at radius 2 is 1.71 bits per heavy atom. The fraction of sp³-hybridized carbons (Fsp3) is 0.333. The van der Waals surface area contributed by atoms with Gasteiger partial charge in [-0.1, -0.05) is 28.3 Å². The highest BCUT2D eigenvalue weighted by molar-refractivity contribution is 7.89. The minimum absolute atomic E-state index is 0.0124. The Morgan fingerprint density at radius 1 is 1.06 bits per heavy atom. The van der Waals surface area contributed by atoms with Gasteiger partial charge in [-0.05, 0) is 81.6 Å². The third-order valence-corrected chi connectivity index (χ3v) is 7.37. The van der Waals surface area contributed by atoms with E-state index in [1.54, 1.807) is 11.5 Å². The summed E-state index contributed by atoms with van der Waals surface area (Å²) in [6.07, 6.45) is 0. The number of halogens is 2. The molecule has 0 aliphatic rings. The lowest BCUT2D eigenvalue weighted by atomic mass is 10.0. The zero-order chi connectivity index (χ0) is 22.9. The first-order valence-corrected chi connectivity index (χ1v) is 11.9. The molecule has 0 aliphatic carbocycles. The molecular formula is C21H24Cl2N4O3S. The van der Waals surface area contributed by atoms with Gasteiger partial charge in [-0.3, -0.25) is 4.57 Å². The lowest BCUT2D eigenvalue weighted by Gasteiger charge is -2.16. The van der Waals surface area contributed by atoms with Crippen LogP contribution in [0.5, 0.6) is 11.8 Å². The molecular weight excluding hydrogens is 459 g/mol. The largest absolute Gasteiger partial charge is 0.424 e. The Labute approximate surface area is 192 Å². The van der Waals surface area contributed by atoms with Crippen molar-refractivity contribution in [3.05, 3.63) is 62.9 Å². The molecule has 3 rings (SSSR count). The summed E-state index contributed by atoms with van der Waals surface area (Å²) < 4.78 is 35.9. The number of benzene rings is 2. The first kappa shape index (κ1) is 23.5. The lowest BCUT2D eigenvalue weighted by Crippen LogP contribution is -2.29. The lowest BCUT2D eigenvalue weighted by molar-refractivity contribution is 0.407. The number of sulfonamides is 1. The minimum atomic E-state index is -3.85. The van der Waals surface area contributed by atoms with E-state index in [0.717, 1.165) is 11.1 Å². The summed E-state index contributed by atoms with van der Waals surface area (Å²) in [7, 11) is -3.85. The van der Waals surface area contributed by atoms with Crippen LogP contribution in [0.25, 0.3) is 0 Å². The van der Waals surface area contributed by atoms with Gasteiger partial charge in [0, 0.05) is 6.54 Å². The average molecular weight is 483 g/mol. The van der Waals surface area contributed by atoms with Crippen molar-refractivity contribution in [3.63, 3.8) is 0 Å². The highest BCUT2D eigenvalue weighted by Gasteiger charge is 2.24. The predicted molar refractivity (Wildman–Crippen MR) is 122 cm³/mol. The van der Waals surface area contributed by atoms with Crippen LogP contribution in [-0.4, -0.2) is 23.2 Å². The van der Waals surface area contributed by atoms with E-state index in [-0.39, 0.29) is 14.9 Å². The second kappa shape index (κ2) is 9.16. The highest BCUT2D eigenvalue weighted by Crippen LogP contribution is 2.28. The molecule has 1 atom stereocenters. The normalized spacial score (nSPS) is 12.7. The van der Waals surface area contributed by atoms with Crippen molar-refractivity contribution >= 4 is 33.2 Å². The second-order valence-electron chi connectivity index (χ2n) is 7.29. The Bertz CT molecular complexity index is 1200. The van der Waals surface area contributed by atoms with E-state index in [9.17, 15) is 8.42 Å². The maximum atomic E-state index is 12.8. The Balaban J connectivity index is 1.86. The Morgan fingerprint density at radius 3 is 2.29 bits per heavy atom. The van der Waals surface area contributed by atoms with Crippen LogP contribution in [0.1, 0.15) is 42.4 Å². The van der Waals surface area contributed by atoms with Gasteiger partial charge in [0.15, 0.2) is 5.82 Å². The molecule has 0 spiro atoms. The number of hydrogen-bond donors (Lipinski definition) is 1. The number of nitrogens with zero attached hydrogens (tertiary/aromatic N) is 3. The molecule has 2 aromatic carbocycles. The first-order chi connectivity index (χ1) is 14.5. The number of aryl methyl sites for hydroxylation is 2. The summed E-state index contributed by atoms with van der Waals surface area (Å²) in [6.45, 7) is 10.2. The smallest absolute Gasteiger partial charge is 0.322 e. The maximum Gasteiger partial charge on any atom is 0.322 e. The predicted octanol–water partition coefficient (Wildman–Crippen LogP) is 5.36. The summed E-state index contributed by atoms with van der Waals surface area (Å²) in [5.74, 6) is 1.08. The van der Waals surface area contributed by atoms with Gasteiger partial charge in [-0.15, -0.1) is 5.10 Å². The van der Waals surface area contributed by atoms with E-state index >= 15 is 0 Å². The molecule has 1 N–H and O–H groups in total. The average Bonchev–Trinajstić information content (AvgIpc) is 3.10. The third-order valence-electron chi connectivity index (χ3n) is 5.09. The molecule has 31 heavy (non-hydrogen) atoms. The number of rotatable bonds is 7. The van der Waals surface area contributed by atoms with E-state index < -0.39 is 16.1 Å².